The molecule has 11 heteroatoms. The number of anilines is 1. The molecule has 0 aliphatic carbocycles. The van der Waals surface area contributed by atoms with E-state index in [0.29, 0.717) is 35.8 Å². The van der Waals surface area contributed by atoms with Gasteiger partial charge in [0.2, 0.25) is 5.91 Å². The van der Waals surface area contributed by atoms with Crippen molar-refractivity contribution >= 4 is 43.7 Å². The summed E-state index contributed by atoms with van der Waals surface area (Å²) < 4.78 is 53.6. The highest BCUT2D eigenvalue weighted by atomic mass is 32.2. The minimum Gasteiger partial charge on any atom is -0.302 e. The van der Waals surface area contributed by atoms with Crippen LogP contribution >= 0.6 is 22.7 Å². The topological polar surface area (TPSA) is 79.4 Å². The first-order valence-corrected chi connectivity index (χ1v) is 12.3. The van der Waals surface area contributed by atoms with Crippen molar-refractivity contribution in [2.24, 2.45) is 5.92 Å². The molecule has 6 nitrogen and oxygen atoms in total. The van der Waals surface area contributed by atoms with Crippen molar-refractivity contribution in [3.05, 3.63) is 52.7 Å². The van der Waals surface area contributed by atoms with Gasteiger partial charge in [0.05, 0.1) is 11.6 Å². The third-order valence-corrected chi connectivity index (χ3v) is 8.79. The van der Waals surface area contributed by atoms with Crippen LogP contribution in [0.4, 0.5) is 13.9 Å². The predicted octanol–water partition coefficient (Wildman–Crippen LogP) is 4.19. The number of carbonyl (C=O) groups is 1. The van der Waals surface area contributed by atoms with Crippen molar-refractivity contribution < 1.29 is 22.0 Å². The first kappa shape index (κ1) is 21.0. The monoisotopic (exact) mass is 469 g/mol. The summed E-state index contributed by atoms with van der Waals surface area (Å²) in [6, 6.07) is 6.71. The molecule has 3 aromatic rings. The molecule has 0 spiro atoms. The second kappa shape index (κ2) is 8.50. The van der Waals surface area contributed by atoms with E-state index in [-0.39, 0.29) is 16.7 Å². The molecule has 158 valence electrons. The highest BCUT2D eigenvalue weighted by molar-refractivity contribution is 7.91. The summed E-state index contributed by atoms with van der Waals surface area (Å²) in [6.07, 6.45) is 1.16. The van der Waals surface area contributed by atoms with Crippen LogP contribution in [0, 0.1) is 17.6 Å². The number of nitrogens with zero attached hydrogens (tertiary/aromatic N) is 2. The van der Waals surface area contributed by atoms with Gasteiger partial charge in [-0.1, -0.05) is 6.07 Å². The fourth-order valence-electron chi connectivity index (χ4n) is 3.24. The van der Waals surface area contributed by atoms with Crippen molar-refractivity contribution in [1.82, 2.24) is 9.29 Å². The van der Waals surface area contributed by atoms with E-state index in [2.05, 4.69) is 10.3 Å². The fraction of sp³-hybridized carbons (Fsp3) is 0.263. The second-order valence-corrected chi connectivity index (χ2v) is 10.8. The number of benzene rings is 1. The van der Waals surface area contributed by atoms with Crippen molar-refractivity contribution in [3.63, 3.8) is 0 Å². The maximum Gasteiger partial charge on any atom is 0.252 e. The average molecular weight is 470 g/mol. The number of rotatable bonds is 5. The van der Waals surface area contributed by atoms with Gasteiger partial charge < -0.3 is 5.32 Å². The van der Waals surface area contributed by atoms with Crippen LogP contribution in [0.5, 0.6) is 0 Å². The SMILES string of the molecule is O=C(Nc1nc(-c2ccc(F)c(F)c2)cs1)C1CCCN(S(=O)(=O)c2cccs2)C1. The molecule has 1 aliphatic heterocycles. The molecule has 1 N–H and O–H groups in total. The zero-order valence-electron chi connectivity index (χ0n) is 15.5. The molecule has 1 fully saturated rings. The van der Waals surface area contributed by atoms with Crippen LogP contribution in [0.2, 0.25) is 0 Å². The predicted molar refractivity (Wildman–Crippen MR) is 112 cm³/mol. The van der Waals surface area contributed by atoms with Gasteiger partial charge in [0.1, 0.15) is 4.21 Å². The Morgan fingerprint density at radius 3 is 2.77 bits per heavy atom. The number of amides is 1. The van der Waals surface area contributed by atoms with Gasteiger partial charge in [-0.15, -0.1) is 22.7 Å². The molecular formula is C19H17F2N3O3S3. The summed E-state index contributed by atoms with van der Waals surface area (Å²) in [6.45, 7) is 0.481. The quantitative estimate of drug-likeness (QED) is 0.608. The van der Waals surface area contributed by atoms with Gasteiger partial charge in [0.25, 0.3) is 10.0 Å². The van der Waals surface area contributed by atoms with E-state index in [1.54, 1.807) is 22.9 Å². The van der Waals surface area contributed by atoms with Crippen molar-refractivity contribution in [1.29, 1.82) is 0 Å². The van der Waals surface area contributed by atoms with Gasteiger partial charge in [-0.25, -0.2) is 22.2 Å². The molecule has 1 aliphatic rings. The van der Waals surface area contributed by atoms with Crippen molar-refractivity contribution in [2.45, 2.75) is 17.1 Å². The zero-order chi connectivity index (χ0) is 21.3. The molecule has 1 saturated heterocycles. The lowest BCUT2D eigenvalue weighted by molar-refractivity contribution is -0.120. The third kappa shape index (κ3) is 4.29. The molecule has 4 rings (SSSR count). The second-order valence-electron chi connectivity index (χ2n) is 6.79. The minimum absolute atomic E-state index is 0.105. The van der Waals surface area contributed by atoms with E-state index in [1.165, 1.54) is 10.4 Å². The highest BCUT2D eigenvalue weighted by Crippen LogP contribution is 2.29. The number of thiazole rings is 1. The van der Waals surface area contributed by atoms with Crippen LogP contribution in [-0.4, -0.2) is 36.7 Å². The molecule has 0 saturated carbocycles. The Balaban J connectivity index is 1.44. The fourth-order valence-corrected chi connectivity index (χ4v) is 6.63. The first-order valence-electron chi connectivity index (χ1n) is 9.10. The van der Waals surface area contributed by atoms with E-state index in [0.717, 1.165) is 34.8 Å². The number of halogens is 2. The molecule has 1 amide bonds. The molecule has 1 aromatic carbocycles. The summed E-state index contributed by atoms with van der Waals surface area (Å²) in [7, 11) is -3.60. The Morgan fingerprint density at radius 1 is 1.20 bits per heavy atom. The van der Waals surface area contributed by atoms with Crippen molar-refractivity contribution in [2.75, 3.05) is 18.4 Å². The molecule has 30 heavy (non-hydrogen) atoms. The molecule has 1 unspecified atom stereocenters. The maximum atomic E-state index is 13.4. The van der Waals surface area contributed by atoms with E-state index in [1.807, 2.05) is 0 Å². The lowest BCUT2D eigenvalue weighted by atomic mass is 9.99. The Labute approximate surface area is 180 Å². The Morgan fingerprint density at radius 2 is 2.03 bits per heavy atom. The normalized spacial score (nSPS) is 17.7. The first-order chi connectivity index (χ1) is 14.3. The summed E-state index contributed by atoms with van der Waals surface area (Å²) in [5.41, 5.74) is 0.816. The van der Waals surface area contributed by atoms with E-state index in [4.69, 9.17) is 0 Å². The summed E-state index contributed by atoms with van der Waals surface area (Å²) >= 11 is 2.31. The zero-order valence-corrected chi connectivity index (χ0v) is 18.0. The minimum atomic E-state index is -3.60. The molecule has 2 aromatic heterocycles. The number of thiophene rings is 1. The lowest BCUT2D eigenvalue weighted by Crippen LogP contribution is -2.43. The number of piperidine rings is 1. The standard InChI is InChI=1S/C19H17F2N3O3S3/c20-14-6-5-12(9-15(14)21)16-11-29-19(22-16)23-18(25)13-3-1-7-24(10-13)30(26,27)17-4-2-8-28-17/h2,4-6,8-9,11,13H,1,3,7,10H2,(H,22,23,25). The number of carbonyl (C=O) groups excluding carboxylic acids is 1. The largest absolute Gasteiger partial charge is 0.302 e. The number of aromatic nitrogens is 1. The van der Waals surface area contributed by atoms with E-state index < -0.39 is 27.6 Å². The number of sulfonamides is 1. The smallest absolute Gasteiger partial charge is 0.252 e. The van der Waals surface area contributed by atoms with Gasteiger partial charge in [-0.05, 0) is 42.5 Å². The molecule has 1 atom stereocenters. The number of nitrogens with one attached hydrogen (secondary N) is 1. The van der Waals surface area contributed by atoms with Gasteiger partial charge in [-0.3, -0.25) is 4.79 Å². The van der Waals surface area contributed by atoms with Gasteiger partial charge in [-0.2, -0.15) is 4.31 Å². The number of hydrogen-bond acceptors (Lipinski definition) is 6. The molecule has 0 radical (unpaired) electrons. The highest BCUT2D eigenvalue weighted by Gasteiger charge is 2.34. The van der Waals surface area contributed by atoms with Crippen molar-refractivity contribution in [3.8, 4) is 11.3 Å². The van der Waals surface area contributed by atoms with Crippen LogP contribution in [-0.2, 0) is 14.8 Å². The molecule has 3 heterocycles. The van der Waals surface area contributed by atoms with Gasteiger partial charge in [0.15, 0.2) is 16.8 Å². The summed E-state index contributed by atoms with van der Waals surface area (Å²) in [5.74, 6) is -2.72. The maximum absolute atomic E-state index is 13.4. The van der Waals surface area contributed by atoms with Crippen LogP contribution in [0.25, 0.3) is 11.3 Å². The molecule has 0 bridgehead atoms. The molecular weight excluding hydrogens is 452 g/mol. The average Bonchev–Trinajstić information content (AvgIpc) is 3.43. The van der Waals surface area contributed by atoms with Crippen LogP contribution in [0.3, 0.4) is 0 Å². The Hall–Kier alpha value is -2.21. The Bertz CT molecular complexity index is 1160. The van der Waals surface area contributed by atoms with Crippen LogP contribution < -0.4 is 5.32 Å². The van der Waals surface area contributed by atoms with Crippen LogP contribution in [0.15, 0.2) is 45.3 Å². The third-order valence-electron chi connectivity index (χ3n) is 4.79. The lowest BCUT2D eigenvalue weighted by Gasteiger charge is -2.30. The van der Waals surface area contributed by atoms with Crippen LogP contribution in [0.1, 0.15) is 12.8 Å². The summed E-state index contributed by atoms with van der Waals surface area (Å²) in [5, 5.41) is 6.37. The van der Waals surface area contributed by atoms with Gasteiger partial charge in [0, 0.05) is 24.0 Å². The number of hydrogen-bond donors (Lipinski definition) is 1. The van der Waals surface area contributed by atoms with E-state index >= 15 is 0 Å². The van der Waals surface area contributed by atoms with E-state index in [9.17, 15) is 22.0 Å². The Kier molecular flexibility index (Phi) is 5.96. The van der Waals surface area contributed by atoms with Gasteiger partial charge >= 0.3 is 0 Å². The summed E-state index contributed by atoms with van der Waals surface area (Å²) in [4.78, 5) is 17.0.